The zero-order valence-electron chi connectivity index (χ0n) is 17.4. The third kappa shape index (κ3) is 3.90. The zero-order valence-corrected chi connectivity index (χ0v) is 19.0. The molecule has 9 nitrogen and oxygen atoms in total. The van der Waals surface area contributed by atoms with Gasteiger partial charge in [0.2, 0.25) is 0 Å². The highest BCUT2D eigenvalue weighted by Crippen LogP contribution is 2.49. The molecule has 3 atom stereocenters. The second-order valence-corrected chi connectivity index (χ2v) is 10.8. The Hall–Kier alpha value is -2.44. The lowest BCUT2D eigenvalue weighted by Crippen LogP contribution is -2.30. The van der Waals surface area contributed by atoms with Gasteiger partial charge >= 0.3 is 0 Å². The molecule has 0 bridgehead atoms. The largest absolute Gasteiger partial charge is 0.371 e. The number of hydrogen-bond acceptors (Lipinski definition) is 9. The maximum absolute atomic E-state index is 13.4. The molecule has 0 amide bonds. The third-order valence-electron chi connectivity index (χ3n) is 5.27. The predicted octanol–water partition coefficient (Wildman–Crippen LogP) is 1.92. The standard InChI is InChI=1S/C21H20O9S2/c1-4-28-20-16-14(19(29-31(2,24)25)21(20)30-32(3,26)27)10-9-13-15(16)18(23)12-8-6-5-7-11(12)17(13)22/h5-10,19-21H,4H2,1-3H3. The van der Waals surface area contributed by atoms with Crippen LogP contribution in [0.1, 0.15) is 62.1 Å². The van der Waals surface area contributed by atoms with Crippen molar-refractivity contribution in [2.45, 2.75) is 25.2 Å². The Balaban J connectivity index is 1.98. The Bertz CT molecular complexity index is 1340. The fraction of sp³-hybridized carbons (Fsp3) is 0.333. The first-order chi connectivity index (χ1) is 14.9. The van der Waals surface area contributed by atoms with E-state index in [4.69, 9.17) is 13.1 Å². The van der Waals surface area contributed by atoms with E-state index < -0.39 is 44.3 Å². The second kappa shape index (κ2) is 7.85. The summed E-state index contributed by atoms with van der Waals surface area (Å²) in [4.78, 5) is 26.5. The summed E-state index contributed by atoms with van der Waals surface area (Å²) in [5.74, 6) is -0.823. The van der Waals surface area contributed by atoms with Crippen molar-refractivity contribution in [2.24, 2.45) is 0 Å². The molecule has 0 fully saturated rings. The fourth-order valence-electron chi connectivity index (χ4n) is 4.24. The van der Waals surface area contributed by atoms with E-state index in [0.29, 0.717) is 0 Å². The summed E-state index contributed by atoms with van der Waals surface area (Å²) in [5, 5.41) is 0. The van der Waals surface area contributed by atoms with E-state index in [1.54, 1.807) is 25.1 Å². The molecular weight excluding hydrogens is 460 g/mol. The summed E-state index contributed by atoms with van der Waals surface area (Å²) < 4.78 is 64.0. The maximum Gasteiger partial charge on any atom is 0.265 e. The van der Waals surface area contributed by atoms with Crippen LogP contribution < -0.4 is 0 Å². The molecule has 2 aromatic carbocycles. The molecule has 0 N–H and O–H groups in total. The summed E-state index contributed by atoms with van der Waals surface area (Å²) in [6.45, 7) is 1.75. The molecule has 0 spiro atoms. The Morgan fingerprint density at radius 3 is 1.94 bits per heavy atom. The van der Waals surface area contributed by atoms with Crippen LogP contribution in [0.2, 0.25) is 0 Å². The molecule has 0 radical (unpaired) electrons. The molecule has 11 heteroatoms. The van der Waals surface area contributed by atoms with E-state index >= 15 is 0 Å². The summed E-state index contributed by atoms with van der Waals surface area (Å²) in [7, 11) is -8.12. The second-order valence-electron chi connectivity index (χ2n) is 7.56. The lowest BCUT2D eigenvalue weighted by molar-refractivity contribution is -0.0487. The van der Waals surface area contributed by atoms with Gasteiger partial charge in [0.05, 0.1) is 12.5 Å². The molecule has 2 aliphatic carbocycles. The molecule has 170 valence electrons. The van der Waals surface area contributed by atoms with Crippen LogP contribution in [0.25, 0.3) is 0 Å². The van der Waals surface area contributed by atoms with Gasteiger partial charge in [-0.15, -0.1) is 0 Å². The quantitative estimate of drug-likeness (QED) is 0.486. The van der Waals surface area contributed by atoms with Crippen molar-refractivity contribution < 1.29 is 39.5 Å². The summed E-state index contributed by atoms with van der Waals surface area (Å²) in [5.41, 5.74) is 1.01. The molecule has 32 heavy (non-hydrogen) atoms. The van der Waals surface area contributed by atoms with Gasteiger partial charge in [0.1, 0.15) is 18.3 Å². The van der Waals surface area contributed by atoms with E-state index in [9.17, 15) is 26.4 Å². The first-order valence-corrected chi connectivity index (χ1v) is 13.3. The number of fused-ring (bicyclic) bond motifs is 4. The molecular formula is C21H20O9S2. The van der Waals surface area contributed by atoms with Crippen LogP contribution in [0.15, 0.2) is 36.4 Å². The summed E-state index contributed by atoms with van der Waals surface area (Å²) in [6, 6.07) is 9.21. The average molecular weight is 481 g/mol. The van der Waals surface area contributed by atoms with Gasteiger partial charge in [-0.25, -0.2) is 0 Å². The average Bonchev–Trinajstić information content (AvgIpc) is 2.96. The Morgan fingerprint density at radius 2 is 1.38 bits per heavy atom. The molecule has 0 heterocycles. The molecule has 0 saturated heterocycles. The van der Waals surface area contributed by atoms with Crippen molar-refractivity contribution in [1.29, 1.82) is 0 Å². The van der Waals surface area contributed by atoms with Gasteiger partial charge < -0.3 is 4.74 Å². The zero-order chi connectivity index (χ0) is 23.4. The van der Waals surface area contributed by atoms with Gasteiger partial charge in [0.25, 0.3) is 20.2 Å². The van der Waals surface area contributed by atoms with Gasteiger partial charge in [-0.2, -0.15) is 16.8 Å². The van der Waals surface area contributed by atoms with Crippen molar-refractivity contribution in [1.82, 2.24) is 0 Å². The Labute approximate surface area is 185 Å². The van der Waals surface area contributed by atoms with E-state index in [-0.39, 0.29) is 45.8 Å². The maximum atomic E-state index is 13.4. The SMILES string of the molecule is CCOC1c2c(ccc3c2C(=O)c2ccccc2C3=O)C(OS(C)(=O)=O)C1OS(C)(=O)=O. The van der Waals surface area contributed by atoms with E-state index in [1.807, 2.05) is 0 Å². The van der Waals surface area contributed by atoms with Gasteiger partial charge in [0.15, 0.2) is 11.6 Å². The van der Waals surface area contributed by atoms with Crippen molar-refractivity contribution >= 4 is 31.8 Å². The highest BCUT2D eigenvalue weighted by molar-refractivity contribution is 7.86. The van der Waals surface area contributed by atoms with Crippen LogP contribution >= 0.6 is 0 Å². The predicted molar refractivity (Wildman–Crippen MR) is 113 cm³/mol. The Kier molecular flexibility index (Phi) is 5.58. The lowest BCUT2D eigenvalue weighted by atomic mass is 9.80. The summed E-state index contributed by atoms with van der Waals surface area (Å²) >= 11 is 0. The molecule has 0 aliphatic heterocycles. The van der Waals surface area contributed by atoms with Crippen molar-refractivity contribution in [3.8, 4) is 0 Å². The van der Waals surface area contributed by atoms with Gasteiger partial charge in [-0.1, -0.05) is 30.3 Å². The summed E-state index contributed by atoms with van der Waals surface area (Å²) in [6.07, 6.45) is -2.33. The minimum Gasteiger partial charge on any atom is -0.371 e. The highest BCUT2D eigenvalue weighted by atomic mass is 32.2. The number of ether oxygens (including phenoxy) is 1. The van der Waals surface area contributed by atoms with Crippen LogP contribution in [0.3, 0.4) is 0 Å². The monoisotopic (exact) mass is 480 g/mol. The number of ketones is 2. The lowest BCUT2D eigenvalue weighted by Gasteiger charge is -2.25. The van der Waals surface area contributed by atoms with Crippen LogP contribution in [0.5, 0.6) is 0 Å². The molecule has 4 rings (SSSR count). The minimum absolute atomic E-state index is 0.0337. The van der Waals surface area contributed by atoms with Crippen LogP contribution in [0, 0.1) is 0 Å². The van der Waals surface area contributed by atoms with Crippen molar-refractivity contribution in [2.75, 3.05) is 19.1 Å². The fourth-order valence-corrected chi connectivity index (χ4v) is 5.43. The van der Waals surface area contributed by atoms with E-state index in [2.05, 4.69) is 0 Å². The van der Waals surface area contributed by atoms with Crippen LogP contribution in [-0.2, 0) is 33.3 Å². The van der Waals surface area contributed by atoms with Gasteiger partial charge in [0, 0.05) is 34.4 Å². The molecule has 2 aliphatic rings. The smallest absolute Gasteiger partial charge is 0.265 e. The van der Waals surface area contributed by atoms with Crippen molar-refractivity contribution in [3.63, 3.8) is 0 Å². The highest BCUT2D eigenvalue weighted by Gasteiger charge is 2.50. The first kappa shape index (κ1) is 22.7. The third-order valence-corrected chi connectivity index (χ3v) is 6.39. The topological polar surface area (TPSA) is 130 Å². The van der Waals surface area contributed by atoms with Crippen molar-refractivity contribution in [3.05, 3.63) is 69.8 Å². The normalized spacial score (nSPS) is 22.4. The molecule has 0 aromatic heterocycles. The Morgan fingerprint density at radius 1 is 0.781 bits per heavy atom. The van der Waals surface area contributed by atoms with Gasteiger partial charge in [-0.05, 0) is 18.6 Å². The number of carbonyl (C=O) groups is 2. The van der Waals surface area contributed by atoms with Crippen LogP contribution in [-0.4, -0.2) is 53.6 Å². The first-order valence-electron chi connectivity index (χ1n) is 9.66. The number of benzene rings is 2. The minimum atomic E-state index is -4.07. The molecule has 3 unspecified atom stereocenters. The van der Waals surface area contributed by atoms with Gasteiger partial charge in [-0.3, -0.25) is 18.0 Å². The molecule has 0 saturated carbocycles. The van der Waals surface area contributed by atoms with E-state index in [0.717, 1.165) is 12.5 Å². The van der Waals surface area contributed by atoms with Crippen LogP contribution in [0.4, 0.5) is 0 Å². The molecule has 2 aromatic rings. The number of carbonyl (C=O) groups excluding carboxylic acids is 2. The number of hydrogen-bond donors (Lipinski definition) is 0. The van der Waals surface area contributed by atoms with E-state index in [1.165, 1.54) is 18.2 Å². The number of rotatable bonds is 6.